The molecule has 0 aliphatic rings. The van der Waals surface area contributed by atoms with E-state index in [9.17, 15) is 14.7 Å². The van der Waals surface area contributed by atoms with Gasteiger partial charge in [0.05, 0.1) is 11.3 Å². The normalized spacial score (nSPS) is 11.2. The lowest BCUT2D eigenvalue weighted by molar-refractivity contribution is 0.0636. The van der Waals surface area contributed by atoms with Crippen LogP contribution >= 0.6 is 0 Å². The molecule has 0 heterocycles. The van der Waals surface area contributed by atoms with Gasteiger partial charge in [-0.15, -0.1) is 0 Å². The van der Waals surface area contributed by atoms with Crippen molar-refractivity contribution in [3.8, 4) is 11.8 Å². The molecule has 2 aromatic carbocycles. The zero-order valence-electron chi connectivity index (χ0n) is 18.7. The van der Waals surface area contributed by atoms with Gasteiger partial charge in [0.25, 0.3) is 0 Å². The minimum atomic E-state index is -1.04. The fraction of sp³-hybridized carbons (Fsp3) is 0.333. The van der Waals surface area contributed by atoms with Gasteiger partial charge in [-0.2, -0.15) is 0 Å². The number of benzene rings is 2. The number of anilines is 3. The largest absolute Gasteiger partial charge is 0.465 e. The number of carbonyl (C=O) groups is 2. The molecule has 0 saturated heterocycles. The molecule has 2 aromatic rings. The number of rotatable bonds is 2. The van der Waals surface area contributed by atoms with Crippen LogP contribution in [0.5, 0.6) is 0 Å². The second-order valence-corrected chi connectivity index (χ2v) is 9.02. The lowest BCUT2D eigenvalue weighted by Gasteiger charge is -2.33. The van der Waals surface area contributed by atoms with Gasteiger partial charge in [-0.3, -0.25) is 10.2 Å². The summed E-state index contributed by atoms with van der Waals surface area (Å²) in [5.41, 5.74) is 7.27. The molecule has 0 atom stereocenters. The number of carbonyl (C=O) groups excluding carboxylic acids is 1. The van der Waals surface area contributed by atoms with Crippen molar-refractivity contribution in [1.29, 1.82) is 0 Å². The Hall–Kier alpha value is -3.66. The Morgan fingerprint density at radius 1 is 1.03 bits per heavy atom. The van der Waals surface area contributed by atoms with E-state index in [2.05, 4.69) is 17.2 Å². The van der Waals surface area contributed by atoms with Crippen LogP contribution in [0.1, 0.15) is 52.7 Å². The molecular weight excluding hydrogens is 394 g/mol. The van der Waals surface area contributed by atoms with Crippen molar-refractivity contribution in [1.82, 2.24) is 0 Å². The van der Waals surface area contributed by atoms with Crippen molar-refractivity contribution in [3.63, 3.8) is 0 Å². The number of amides is 2. The molecule has 2 rings (SSSR count). The van der Waals surface area contributed by atoms with Crippen molar-refractivity contribution < 1.29 is 19.4 Å². The van der Waals surface area contributed by atoms with Crippen LogP contribution in [0.2, 0.25) is 0 Å². The van der Waals surface area contributed by atoms with Crippen LogP contribution in [0.15, 0.2) is 42.5 Å². The Morgan fingerprint density at radius 2 is 1.71 bits per heavy atom. The number of nitrogens with one attached hydrogen (secondary N) is 1. The molecule has 0 aliphatic heterocycles. The molecule has 0 bridgehead atoms. The van der Waals surface area contributed by atoms with Crippen molar-refractivity contribution in [2.75, 3.05) is 16.0 Å². The molecule has 7 nitrogen and oxygen atoms in total. The van der Waals surface area contributed by atoms with Crippen LogP contribution in [0.3, 0.4) is 0 Å². The van der Waals surface area contributed by atoms with Crippen LogP contribution in [0, 0.1) is 11.8 Å². The Morgan fingerprint density at radius 3 is 2.29 bits per heavy atom. The molecule has 0 aliphatic carbocycles. The van der Waals surface area contributed by atoms with Gasteiger partial charge in [0, 0.05) is 22.5 Å². The summed E-state index contributed by atoms with van der Waals surface area (Å²) in [7, 11) is 0. The summed E-state index contributed by atoms with van der Waals surface area (Å²) in [5, 5.41) is 12.3. The van der Waals surface area contributed by atoms with Crippen molar-refractivity contribution in [2.45, 2.75) is 52.7 Å². The van der Waals surface area contributed by atoms with Crippen molar-refractivity contribution in [3.05, 3.63) is 53.6 Å². The average molecular weight is 424 g/mol. The van der Waals surface area contributed by atoms with Gasteiger partial charge in [-0.1, -0.05) is 17.9 Å². The molecule has 31 heavy (non-hydrogen) atoms. The highest BCUT2D eigenvalue weighted by Crippen LogP contribution is 2.25. The molecular formula is C24H29N3O4. The number of nitrogens with two attached hydrogens (primary N) is 1. The molecule has 0 fully saturated rings. The maximum absolute atomic E-state index is 12.1. The molecule has 164 valence electrons. The average Bonchev–Trinajstić information content (AvgIpc) is 2.59. The zero-order valence-corrected chi connectivity index (χ0v) is 18.7. The maximum atomic E-state index is 12.1. The third-order valence-corrected chi connectivity index (χ3v) is 3.99. The summed E-state index contributed by atoms with van der Waals surface area (Å²) in [6.07, 6.45) is -1.64. The first-order valence-corrected chi connectivity index (χ1v) is 9.81. The van der Waals surface area contributed by atoms with Crippen LogP contribution in [0.25, 0.3) is 0 Å². The molecule has 4 N–H and O–H groups in total. The van der Waals surface area contributed by atoms with Gasteiger partial charge >= 0.3 is 12.2 Å². The first-order valence-electron chi connectivity index (χ1n) is 9.81. The third kappa shape index (κ3) is 6.96. The number of hydrogen-bond donors (Lipinski definition) is 3. The predicted molar refractivity (Wildman–Crippen MR) is 123 cm³/mol. The third-order valence-electron chi connectivity index (χ3n) is 3.99. The van der Waals surface area contributed by atoms with Crippen LogP contribution < -0.4 is 16.0 Å². The summed E-state index contributed by atoms with van der Waals surface area (Å²) in [6.45, 7) is 10.8. The Balaban J connectivity index is 2.37. The van der Waals surface area contributed by atoms with Crippen LogP contribution in [-0.2, 0) is 4.74 Å². The predicted octanol–water partition coefficient (Wildman–Crippen LogP) is 5.30. The van der Waals surface area contributed by atoms with Crippen LogP contribution in [-0.4, -0.2) is 28.4 Å². The van der Waals surface area contributed by atoms with E-state index in [0.29, 0.717) is 28.2 Å². The molecule has 0 aromatic heterocycles. The maximum Gasteiger partial charge on any atom is 0.412 e. The lowest BCUT2D eigenvalue weighted by Crippen LogP contribution is -2.45. The van der Waals surface area contributed by atoms with Crippen LogP contribution in [0.4, 0.5) is 26.7 Å². The van der Waals surface area contributed by atoms with Gasteiger partial charge in [0.15, 0.2) is 0 Å². The number of carboxylic acid groups (broad SMARTS) is 1. The quantitative estimate of drug-likeness (QED) is 0.449. The van der Waals surface area contributed by atoms with E-state index < -0.39 is 23.3 Å². The Labute approximate surface area is 183 Å². The second-order valence-electron chi connectivity index (χ2n) is 9.02. The minimum Gasteiger partial charge on any atom is -0.465 e. The number of nitrogens with zero attached hydrogens (tertiary/aromatic N) is 1. The fourth-order valence-electron chi connectivity index (χ4n) is 2.83. The van der Waals surface area contributed by atoms with Crippen molar-refractivity contribution >= 4 is 29.2 Å². The molecule has 0 radical (unpaired) electrons. The number of hydrogen-bond acceptors (Lipinski definition) is 4. The summed E-state index contributed by atoms with van der Waals surface area (Å²) in [4.78, 5) is 25.2. The fourth-order valence-corrected chi connectivity index (χ4v) is 2.83. The zero-order chi connectivity index (χ0) is 23.4. The summed E-state index contributed by atoms with van der Waals surface area (Å²) in [6, 6.07) is 11.9. The topological polar surface area (TPSA) is 105 Å². The Kier molecular flexibility index (Phi) is 6.86. The van der Waals surface area contributed by atoms with Crippen molar-refractivity contribution in [2.24, 2.45) is 0 Å². The summed E-state index contributed by atoms with van der Waals surface area (Å²) in [5.74, 6) is 6.02. The highest BCUT2D eigenvalue weighted by atomic mass is 16.6. The monoisotopic (exact) mass is 423 g/mol. The first kappa shape index (κ1) is 23.6. The molecule has 7 heteroatoms. The van der Waals surface area contributed by atoms with Gasteiger partial charge in [0.2, 0.25) is 0 Å². The second kappa shape index (κ2) is 9.00. The van der Waals surface area contributed by atoms with E-state index in [4.69, 9.17) is 10.5 Å². The van der Waals surface area contributed by atoms with Gasteiger partial charge in [-0.25, -0.2) is 9.59 Å². The summed E-state index contributed by atoms with van der Waals surface area (Å²) >= 11 is 0. The highest BCUT2D eigenvalue weighted by Gasteiger charge is 2.27. The smallest absolute Gasteiger partial charge is 0.412 e. The standard InChI is InChI=1S/C24H29N3O4/c1-23(2,3)27(22(29)30)19-9-7-8-16(14-19)10-11-17-15-18(25)12-13-20(17)26-21(28)31-24(4,5)6/h7-9,12-15H,25H2,1-6H3,(H,26,28)(H,29,30). The Bertz CT molecular complexity index is 1040. The molecule has 0 spiro atoms. The van der Waals surface area contributed by atoms with E-state index >= 15 is 0 Å². The van der Waals surface area contributed by atoms with E-state index in [0.717, 1.165) is 0 Å². The van der Waals surface area contributed by atoms with E-state index in [1.165, 1.54) is 4.90 Å². The lowest BCUT2D eigenvalue weighted by atomic mass is 10.0. The van der Waals surface area contributed by atoms with Gasteiger partial charge < -0.3 is 15.6 Å². The number of nitrogen functional groups attached to an aromatic ring is 1. The summed E-state index contributed by atoms with van der Waals surface area (Å²) < 4.78 is 5.30. The van der Waals surface area contributed by atoms with E-state index in [1.807, 2.05) is 20.8 Å². The molecule has 2 amide bonds. The number of ether oxygens (including phenoxy) is 1. The van der Waals surface area contributed by atoms with Gasteiger partial charge in [0.1, 0.15) is 5.60 Å². The minimum absolute atomic E-state index is 0.467. The first-order chi connectivity index (χ1) is 14.3. The van der Waals surface area contributed by atoms with E-state index in [-0.39, 0.29) is 0 Å². The SMILES string of the molecule is CC(C)(C)OC(=O)Nc1ccc(N)cc1C#Cc1cccc(N(C(=O)O)C(C)(C)C)c1. The van der Waals surface area contributed by atoms with Gasteiger partial charge in [-0.05, 0) is 77.9 Å². The van der Waals surface area contributed by atoms with E-state index in [1.54, 1.807) is 63.2 Å². The molecule has 0 saturated carbocycles. The highest BCUT2D eigenvalue weighted by molar-refractivity contribution is 5.88. The molecule has 0 unspecified atom stereocenters.